The van der Waals surface area contributed by atoms with Crippen LogP contribution < -0.4 is 14.8 Å². The van der Waals surface area contributed by atoms with Gasteiger partial charge in [0.2, 0.25) is 0 Å². The molecule has 8 heteroatoms. The van der Waals surface area contributed by atoms with Gasteiger partial charge in [-0.3, -0.25) is 4.79 Å². The van der Waals surface area contributed by atoms with Crippen molar-refractivity contribution in [1.82, 2.24) is 9.88 Å². The molecule has 0 bridgehead atoms. The average molecular weight is 440 g/mol. The molecule has 0 unspecified atom stereocenters. The zero-order valence-corrected chi connectivity index (χ0v) is 18.6. The Bertz CT molecular complexity index is 1070. The van der Waals surface area contributed by atoms with E-state index in [1.54, 1.807) is 30.5 Å². The second kappa shape index (κ2) is 9.36. The van der Waals surface area contributed by atoms with E-state index in [1.807, 2.05) is 54.8 Å². The number of thiazole rings is 1. The first-order valence-electron chi connectivity index (χ1n) is 9.98. The third-order valence-electron chi connectivity index (χ3n) is 5.10. The molecule has 1 atom stereocenters. The molecule has 0 aliphatic carbocycles. The Labute approximate surface area is 185 Å². The van der Waals surface area contributed by atoms with Gasteiger partial charge in [0, 0.05) is 24.7 Å². The van der Waals surface area contributed by atoms with Crippen LogP contribution >= 0.6 is 11.3 Å². The van der Waals surface area contributed by atoms with E-state index >= 15 is 0 Å². The van der Waals surface area contributed by atoms with Crippen LogP contribution in [0.2, 0.25) is 0 Å². The number of amides is 1. The molecule has 7 nitrogen and oxygen atoms in total. The van der Waals surface area contributed by atoms with Crippen molar-refractivity contribution in [3.8, 4) is 11.5 Å². The summed E-state index contributed by atoms with van der Waals surface area (Å²) in [6.07, 6.45) is -0.346. The molecule has 0 spiro atoms. The third kappa shape index (κ3) is 4.50. The van der Waals surface area contributed by atoms with Gasteiger partial charge < -0.3 is 24.4 Å². The maximum Gasteiger partial charge on any atom is 0.257 e. The number of hydrogen-bond donors (Lipinski definition) is 1. The van der Waals surface area contributed by atoms with Crippen LogP contribution in [0.5, 0.6) is 11.5 Å². The minimum atomic E-state index is -0.346. The zero-order chi connectivity index (χ0) is 21.8. The van der Waals surface area contributed by atoms with Crippen molar-refractivity contribution >= 4 is 22.9 Å². The van der Waals surface area contributed by atoms with Gasteiger partial charge in [-0.1, -0.05) is 18.2 Å². The predicted octanol–water partition coefficient (Wildman–Crippen LogP) is 4.25. The topological polar surface area (TPSA) is 72.9 Å². The van der Waals surface area contributed by atoms with Gasteiger partial charge in [0.25, 0.3) is 5.91 Å². The number of anilines is 1. The van der Waals surface area contributed by atoms with E-state index in [1.165, 1.54) is 0 Å². The number of nitrogens with zero attached hydrogens (tertiary/aromatic N) is 2. The van der Waals surface area contributed by atoms with Gasteiger partial charge in [-0.15, -0.1) is 11.3 Å². The molecule has 0 saturated carbocycles. The number of aromatic nitrogens is 1. The first-order chi connectivity index (χ1) is 15.1. The van der Waals surface area contributed by atoms with E-state index in [0.29, 0.717) is 36.8 Å². The van der Waals surface area contributed by atoms with Gasteiger partial charge in [0.15, 0.2) is 11.5 Å². The molecule has 1 amide bonds. The lowest BCUT2D eigenvalue weighted by Crippen LogP contribution is -2.44. The minimum Gasteiger partial charge on any atom is -0.493 e. The smallest absolute Gasteiger partial charge is 0.257 e. The normalized spacial score (nSPS) is 15.4. The molecule has 162 valence electrons. The number of aryl methyl sites for hydroxylation is 1. The first-order valence-corrected chi connectivity index (χ1v) is 10.9. The van der Waals surface area contributed by atoms with Crippen LogP contribution in [0.15, 0.2) is 47.8 Å². The van der Waals surface area contributed by atoms with E-state index in [2.05, 4.69) is 10.3 Å². The van der Waals surface area contributed by atoms with Crippen LogP contribution in [0.4, 0.5) is 5.69 Å². The van der Waals surface area contributed by atoms with Crippen LogP contribution in [0.1, 0.15) is 32.8 Å². The quantitative estimate of drug-likeness (QED) is 0.566. The lowest BCUT2D eigenvalue weighted by Gasteiger charge is -2.38. The van der Waals surface area contributed by atoms with Gasteiger partial charge in [-0.05, 0) is 36.8 Å². The Hall–Kier alpha value is -3.10. The number of ether oxygens (including phenoxy) is 3. The lowest BCUT2D eigenvalue weighted by atomic mass is 10.0. The third-order valence-corrected chi connectivity index (χ3v) is 5.93. The summed E-state index contributed by atoms with van der Waals surface area (Å²) >= 11 is 1.59. The fourth-order valence-electron chi connectivity index (χ4n) is 3.58. The number of fused-ring (bicyclic) bond motifs is 1. The maximum absolute atomic E-state index is 13.2. The molecule has 1 aliphatic heterocycles. The van der Waals surface area contributed by atoms with Crippen molar-refractivity contribution in [2.45, 2.75) is 19.7 Å². The molecule has 1 aliphatic rings. The Balaban J connectivity index is 1.61. The summed E-state index contributed by atoms with van der Waals surface area (Å²) in [6, 6.07) is 13.2. The number of hydrogen-bond acceptors (Lipinski definition) is 7. The Morgan fingerprint density at radius 3 is 2.74 bits per heavy atom. The molecular formula is C23H25N3O4S. The summed E-state index contributed by atoms with van der Waals surface area (Å²) in [5.74, 6) is 1.20. The van der Waals surface area contributed by atoms with Crippen molar-refractivity contribution in [2.75, 3.05) is 32.7 Å². The highest BCUT2D eigenvalue weighted by Crippen LogP contribution is 2.37. The van der Waals surface area contributed by atoms with Crippen LogP contribution in [0.25, 0.3) is 0 Å². The van der Waals surface area contributed by atoms with Crippen molar-refractivity contribution in [3.63, 3.8) is 0 Å². The number of benzene rings is 2. The second-order valence-corrected chi connectivity index (χ2v) is 8.20. The number of nitrogens with one attached hydrogen (secondary N) is 1. The highest BCUT2D eigenvalue weighted by Gasteiger charge is 2.33. The highest BCUT2D eigenvalue weighted by atomic mass is 32.1. The van der Waals surface area contributed by atoms with Crippen molar-refractivity contribution in [1.29, 1.82) is 0 Å². The molecule has 4 rings (SSSR count). The molecule has 31 heavy (non-hydrogen) atoms. The van der Waals surface area contributed by atoms with E-state index in [-0.39, 0.29) is 12.1 Å². The molecular weight excluding hydrogens is 414 g/mol. The summed E-state index contributed by atoms with van der Waals surface area (Å²) in [6.45, 7) is 3.24. The molecule has 1 aromatic heterocycles. The number of carbonyl (C=O) groups is 1. The number of methoxy groups -OCH3 is 2. The fraction of sp³-hybridized carbons (Fsp3) is 0.304. The van der Waals surface area contributed by atoms with E-state index in [9.17, 15) is 4.79 Å². The molecule has 0 fully saturated rings. The second-order valence-electron chi connectivity index (χ2n) is 7.14. The summed E-state index contributed by atoms with van der Waals surface area (Å²) in [5.41, 5.74) is 3.24. The Morgan fingerprint density at radius 1 is 1.16 bits per heavy atom. The molecule has 0 radical (unpaired) electrons. The minimum absolute atomic E-state index is 0.0328. The van der Waals surface area contributed by atoms with Gasteiger partial charge in [-0.25, -0.2) is 4.98 Å². The highest BCUT2D eigenvalue weighted by molar-refractivity contribution is 7.09. The van der Waals surface area contributed by atoms with Crippen LogP contribution in [-0.2, 0) is 11.3 Å². The van der Waals surface area contributed by atoms with Gasteiger partial charge in [0.1, 0.15) is 12.8 Å². The van der Waals surface area contributed by atoms with Crippen molar-refractivity contribution in [2.24, 2.45) is 0 Å². The summed E-state index contributed by atoms with van der Waals surface area (Å²) in [4.78, 5) is 19.4. The molecule has 2 aromatic carbocycles. The zero-order valence-electron chi connectivity index (χ0n) is 17.8. The van der Waals surface area contributed by atoms with E-state index in [4.69, 9.17) is 14.2 Å². The van der Waals surface area contributed by atoms with Crippen molar-refractivity contribution < 1.29 is 19.0 Å². The molecule has 0 saturated heterocycles. The number of rotatable bonds is 8. The lowest BCUT2D eigenvalue weighted by molar-refractivity contribution is 0.0609. The Kier molecular flexibility index (Phi) is 6.39. The SMILES string of the molecule is COCCN1C(=O)c2ccccc2N[C@@H]1c1ccc(OCc2csc(C)n2)c(OC)c1. The average Bonchev–Trinajstić information content (AvgIpc) is 3.22. The van der Waals surface area contributed by atoms with Gasteiger partial charge in [0.05, 0.1) is 30.0 Å². The van der Waals surface area contributed by atoms with Crippen LogP contribution in [0.3, 0.4) is 0 Å². The van der Waals surface area contributed by atoms with Gasteiger partial charge in [-0.2, -0.15) is 0 Å². The summed E-state index contributed by atoms with van der Waals surface area (Å²) < 4.78 is 16.8. The van der Waals surface area contributed by atoms with Gasteiger partial charge >= 0.3 is 0 Å². The molecule has 1 N–H and O–H groups in total. The first kappa shape index (κ1) is 21.1. The van der Waals surface area contributed by atoms with Crippen molar-refractivity contribution in [3.05, 3.63) is 69.7 Å². The molecule has 2 heterocycles. The largest absolute Gasteiger partial charge is 0.493 e. The summed E-state index contributed by atoms with van der Waals surface area (Å²) in [5, 5.41) is 6.47. The Morgan fingerprint density at radius 2 is 2.00 bits per heavy atom. The van der Waals surface area contributed by atoms with E-state index in [0.717, 1.165) is 22.0 Å². The fourth-order valence-corrected chi connectivity index (χ4v) is 4.17. The van der Waals surface area contributed by atoms with Crippen LogP contribution in [-0.4, -0.2) is 43.2 Å². The van der Waals surface area contributed by atoms with Crippen LogP contribution in [0, 0.1) is 6.92 Å². The molecule has 3 aromatic rings. The standard InChI is InChI=1S/C23H25N3O4S/c1-15-24-17(14-31-15)13-30-20-9-8-16(12-21(20)29-3)22-25-19-7-5-4-6-18(19)23(27)26(22)10-11-28-2/h4-9,12,14,22,25H,10-11,13H2,1-3H3/t22-/m0/s1. The summed E-state index contributed by atoms with van der Waals surface area (Å²) in [7, 11) is 3.24. The maximum atomic E-state index is 13.2. The predicted molar refractivity (Wildman–Crippen MR) is 120 cm³/mol. The number of carbonyl (C=O) groups excluding carboxylic acids is 1. The number of para-hydroxylation sites is 1. The monoisotopic (exact) mass is 439 g/mol. The van der Waals surface area contributed by atoms with E-state index < -0.39 is 0 Å².